The number of amides is 1. The van der Waals surface area contributed by atoms with Crippen molar-refractivity contribution in [2.45, 2.75) is 32.2 Å². The molecular formula is C14H18ClNO2. The minimum absolute atomic E-state index is 0.0469. The SMILES string of the molecule is CC1(CO)CCCC1NC(=O)c1ccc(Cl)cc1. The lowest BCUT2D eigenvalue weighted by Gasteiger charge is -2.30. The van der Waals surface area contributed by atoms with Crippen LogP contribution in [0.3, 0.4) is 0 Å². The lowest BCUT2D eigenvalue weighted by Crippen LogP contribution is -2.44. The number of carbonyl (C=O) groups is 1. The number of nitrogens with one attached hydrogen (secondary N) is 1. The van der Waals surface area contributed by atoms with Crippen LogP contribution in [-0.4, -0.2) is 23.7 Å². The molecule has 2 rings (SSSR count). The van der Waals surface area contributed by atoms with E-state index in [4.69, 9.17) is 11.6 Å². The van der Waals surface area contributed by atoms with Crippen LogP contribution in [0, 0.1) is 5.41 Å². The fourth-order valence-electron chi connectivity index (χ4n) is 2.51. The average molecular weight is 268 g/mol. The van der Waals surface area contributed by atoms with Crippen LogP contribution in [0.1, 0.15) is 36.5 Å². The highest BCUT2D eigenvalue weighted by molar-refractivity contribution is 6.30. The number of hydrogen-bond acceptors (Lipinski definition) is 2. The van der Waals surface area contributed by atoms with Crippen LogP contribution < -0.4 is 5.32 Å². The molecule has 1 aliphatic rings. The summed E-state index contributed by atoms with van der Waals surface area (Å²) >= 11 is 5.79. The van der Waals surface area contributed by atoms with E-state index in [0.29, 0.717) is 10.6 Å². The van der Waals surface area contributed by atoms with Crippen LogP contribution in [0.15, 0.2) is 24.3 Å². The van der Waals surface area contributed by atoms with Gasteiger partial charge in [-0.25, -0.2) is 0 Å². The van der Waals surface area contributed by atoms with Crippen molar-refractivity contribution in [3.05, 3.63) is 34.9 Å². The third kappa shape index (κ3) is 2.68. The zero-order chi connectivity index (χ0) is 13.2. The number of hydrogen-bond donors (Lipinski definition) is 2. The molecule has 1 aliphatic carbocycles. The quantitative estimate of drug-likeness (QED) is 0.885. The molecule has 0 heterocycles. The first-order valence-corrected chi connectivity index (χ1v) is 6.60. The Hall–Kier alpha value is -1.06. The van der Waals surface area contributed by atoms with Gasteiger partial charge >= 0.3 is 0 Å². The number of halogens is 1. The first-order valence-electron chi connectivity index (χ1n) is 6.22. The van der Waals surface area contributed by atoms with Crippen molar-refractivity contribution in [2.75, 3.05) is 6.61 Å². The molecule has 2 atom stereocenters. The monoisotopic (exact) mass is 267 g/mol. The van der Waals surface area contributed by atoms with Crippen LogP contribution in [0.4, 0.5) is 0 Å². The number of benzene rings is 1. The van der Waals surface area contributed by atoms with Gasteiger partial charge in [-0.15, -0.1) is 0 Å². The smallest absolute Gasteiger partial charge is 0.251 e. The molecule has 0 aromatic heterocycles. The lowest BCUT2D eigenvalue weighted by atomic mass is 9.85. The molecule has 98 valence electrons. The maximum absolute atomic E-state index is 12.1. The Morgan fingerprint density at radius 1 is 1.50 bits per heavy atom. The number of aliphatic hydroxyl groups excluding tert-OH is 1. The van der Waals surface area contributed by atoms with E-state index < -0.39 is 0 Å². The van der Waals surface area contributed by atoms with E-state index in [0.717, 1.165) is 19.3 Å². The first kappa shape index (κ1) is 13.4. The Bertz CT molecular complexity index is 432. The summed E-state index contributed by atoms with van der Waals surface area (Å²) < 4.78 is 0. The summed E-state index contributed by atoms with van der Waals surface area (Å²) in [4.78, 5) is 12.1. The summed E-state index contributed by atoms with van der Waals surface area (Å²) in [6.07, 6.45) is 2.92. The van der Waals surface area contributed by atoms with E-state index in [1.54, 1.807) is 24.3 Å². The van der Waals surface area contributed by atoms with Crippen LogP contribution in [-0.2, 0) is 0 Å². The Morgan fingerprint density at radius 3 is 2.78 bits per heavy atom. The fraction of sp³-hybridized carbons (Fsp3) is 0.500. The summed E-state index contributed by atoms with van der Waals surface area (Å²) in [5.41, 5.74) is 0.411. The molecule has 1 saturated carbocycles. The van der Waals surface area contributed by atoms with Gasteiger partial charge in [0.25, 0.3) is 5.91 Å². The van der Waals surface area contributed by atoms with Gasteiger partial charge in [0.15, 0.2) is 0 Å². The summed E-state index contributed by atoms with van der Waals surface area (Å²) in [5, 5.41) is 13.1. The standard InChI is InChI=1S/C14H18ClNO2/c1-14(9-17)8-2-3-12(14)16-13(18)10-4-6-11(15)7-5-10/h4-7,12,17H,2-3,8-9H2,1H3,(H,16,18). The minimum Gasteiger partial charge on any atom is -0.396 e. The number of aliphatic hydroxyl groups is 1. The topological polar surface area (TPSA) is 49.3 Å². The van der Waals surface area contributed by atoms with Gasteiger partial charge in [-0.3, -0.25) is 4.79 Å². The van der Waals surface area contributed by atoms with Gasteiger partial charge in [-0.1, -0.05) is 24.9 Å². The highest BCUT2D eigenvalue weighted by atomic mass is 35.5. The van der Waals surface area contributed by atoms with Crippen LogP contribution in [0.25, 0.3) is 0 Å². The van der Waals surface area contributed by atoms with Gasteiger partial charge in [0.2, 0.25) is 0 Å². The van der Waals surface area contributed by atoms with Gasteiger partial charge in [0, 0.05) is 22.0 Å². The predicted octanol–water partition coefficient (Wildman–Crippen LogP) is 2.62. The Labute approximate surface area is 112 Å². The fourth-order valence-corrected chi connectivity index (χ4v) is 2.64. The van der Waals surface area contributed by atoms with Crippen molar-refractivity contribution in [2.24, 2.45) is 5.41 Å². The molecule has 0 spiro atoms. The second-order valence-corrected chi connectivity index (χ2v) is 5.67. The molecule has 2 N–H and O–H groups in total. The largest absolute Gasteiger partial charge is 0.396 e. The van der Waals surface area contributed by atoms with Gasteiger partial charge in [0.1, 0.15) is 0 Å². The summed E-state index contributed by atoms with van der Waals surface area (Å²) in [5.74, 6) is -0.0989. The number of rotatable bonds is 3. The Morgan fingerprint density at radius 2 is 2.17 bits per heavy atom. The molecule has 1 aromatic rings. The van der Waals surface area contributed by atoms with Crippen LogP contribution in [0.2, 0.25) is 5.02 Å². The van der Waals surface area contributed by atoms with Gasteiger partial charge in [0.05, 0.1) is 6.61 Å². The Kier molecular flexibility index (Phi) is 3.93. The molecule has 2 unspecified atom stereocenters. The summed E-state index contributed by atoms with van der Waals surface area (Å²) in [6, 6.07) is 6.88. The number of carbonyl (C=O) groups excluding carboxylic acids is 1. The zero-order valence-corrected chi connectivity index (χ0v) is 11.2. The van der Waals surface area contributed by atoms with Gasteiger partial charge in [-0.2, -0.15) is 0 Å². The van der Waals surface area contributed by atoms with Crippen LogP contribution >= 0.6 is 11.6 Å². The van der Waals surface area contributed by atoms with Crippen LogP contribution in [0.5, 0.6) is 0 Å². The van der Waals surface area contributed by atoms with Crippen molar-refractivity contribution in [1.29, 1.82) is 0 Å². The third-order valence-corrected chi connectivity index (χ3v) is 4.11. The molecule has 0 saturated heterocycles. The Balaban J connectivity index is 2.05. The average Bonchev–Trinajstić information content (AvgIpc) is 2.72. The van der Waals surface area contributed by atoms with Crippen molar-refractivity contribution >= 4 is 17.5 Å². The van der Waals surface area contributed by atoms with E-state index >= 15 is 0 Å². The maximum atomic E-state index is 12.1. The molecule has 1 fully saturated rings. The molecule has 3 nitrogen and oxygen atoms in total. The van der Waals surface area contributed by atoms with E-state index in [1.807, 2.05) is 6.92 Å². The molecule has 1 amide bonds. The highest BCUT2D eigenvalue weighted by Crippen LogP contribution is 2.37. The second-order valence-electron chi connectivity index (χ2n) is 5.24. The molecule has 1 aromatic carbocycles. The van der Waals surface area contributed by atoms with Crippen molar-refractivity contribution in [3.8, 4) is 0 Å². The molecule has 0 radical (unpaired) electrons. The summed E-state index contributed by atoms with van der Waals surface area (Å²) in [7, 11) is 0. The molecule has 0 bridgehead atoms. The normalized spacial score (nSPS) is 27.2. The van der Waals surface area contributed by atoms with E-state index in [9.17, 15) is 9.90 Å². The highest BCUT2D eigenvalue weighted by Gasteiger charge is 2.39. The molecule has 18 heavy (non-hydrogen) atoms. The van der Waals surface area contributed by atoms with E-state index in [1.165, 1.54) is 0 Å². The van der Waals surface area contributed by atoms with E-state index in [-0.39, 0.29) is 24.0 Å². The van der Waals surface area contributed by atoms with Gasteiger partial charge < -0.3 is 10.4 Å². The van der Waals surface area contributed by atoms with Gasteiger partial charge in [-0.05, 0) is 37.1 Å². The summed E-state index contributed by atoms with van der Waals surface area (Å²) in [6.45, 7) is 2.13. The maximum Gasteiger partial charge on any atom is 0.251 e. The second kappa shape index (κ2) is 5.29. The van der Waals surface area contributed by atoms with E-state index in [2.05, 4.69) is 5.32 Å². The zero-order valence-electron chi connectivity index (χ0n) is 10.4. The lowest BCUT2D eigenvalue weighted by molar-refractivity contribution is 0.0830. The molecule has 4 heteroatoms. The van der Waals surface area contributed by atoms with Crippen molar-refractivity contribution < 1.29 is 9.90 Å². The first-order chi connectivity index (χ1) is 8.55. The molecule has 0 aliphatic heterocycles. The van der Waals surface area contributed by atoms with Crippen molar-refractivity contribution in [1.82, 2.24) is 5.32 Å². The predicted molar refractivity (Wildman–Crippen MR) is 71.8 cm³/mol. The molecular weight excluding hydrogens is 250 g/mol. The van der Waals surface area contributed by atoms with Crippen molar-refractivity contribution in [3.63, 3.8) is 0 Å². The third-order valence-electron chi connectivity index (χ3n) is 3.85. The minimum atomic E-state index is -0.192.